The molecule has 0 saturated carbocycles. The predicted molar refractivity (Wildman–Crippen MR) is 136 cm³/mol. The van der Waals surface area contributed by atoms with Crippen molar-refractivity contribution in [2.45, 2.75) is 31.6 Å². The average molecular weight is 493 g/mol. The molecule has 5 rings (SSSR count). The molecule has 35 heavy (non-hydrogen) atoms. The molecule has 0 bridgehead atoms. The zero-order valence-electron chi connectivity index (χ0n) is 19.9. The Labute approximate surface area is 209 Å². The molecule has 2 aliphatic rings. The molecule has 0 aliphatic carbocycles. The van der Waals surface area contributed by atoms with Crippen molar-refractivity contribution in [1.82, 2.24) is 9.55 Å². The maximum Gasteiger partial charge on any atom is 0.232 e. The Morgan fingerprint density at radius 3 is 2.77 bits per heavy atom. The molecule has 3 heterocycles. The van der Waals surface area contributed by atoms with E-state index in [1.54, 1.807) is 34.3 Å². The highest BCUT2D eigenvalue weighted by atomic mass is 35.5. The van der Waals surface area contributed by atoms with Gasteiger partial charge in [0.05, 0.1) is 18.9 Å². The average Bonchev–Trinajstić information content (AvgIpc) is 3.53. The minimum Gasteiger partial charge on any atom is -0.395 e. The first-order chi connectivity index (χ1) is 16.8. The van der Waals surface area contributed by atoms with Crippen molar-refractivity contribution < 1.29 is 14.7 Å². The van der Waals surface area contributed by atoms with Gasteiger partial charge in [-0.3, -0.25) is 9.59 Å². The third kappa shape index (κ3) is 4.34. The molecule has 2 atom stereocenters. The quantitative estimate of drug-likeness (QED) is 0.571. The van der Waals surface area contributed by atoms with E-state index in [9.17, 15) is 14.7 Å². The number of anilines is 2. The molecule has 8 heteroatoms. The maximum atomic E-state index is 13.6. The summed E-state index contributed by atoms with van der Waals surface area (Å²) in [7, 11) is 1.98. The van der Waals surface area contributed by atoms with Crippen LogP contribution >= 0.6 is 11.6 Å². The number of aliphatic hydroxyl groups excluding tert-OH is 1. The molecule has 1 fully saturated rings. The van der Waals surface area contributed by atoms with Crippen LogP contribution in [0, 0.1) is 5.92 Å². The number of aromatic nitrogens is 2. The van der Waals surface area contributed by atoms with Gasteiger partial charge in [-0.2, -0.15) is 0 Å². The van der Waals surface area contributed by atoms with Gasteiger partial charge in [0.15, 0.2) is 0 Å². The van der Waals surface area contributed by atoms with Gasteiger partial charge in [0.1, 0.15) is 0 Å². The van der Waals surface area contributed by atoms with E-state index >= 15 is 0 Å². The molecule has 7 nitrogen and oxygen atoms in total. The SMILES string of the molecule is Cn1cncc1CCc1ccc2c(c1)C(C)(CO)CN2C(=O)C1CC(=O)N(c2cccc(Cl)c2)C1. The fourth-order valence-electron chi connectivity index (χ4n) is 5.19. The Morgan fingerprint density at radius 2 is 2.06 bits per heavy atom. The largest absolute Gasteiger partial charge is 0.395 e. The standard InChI is InChI=1S/C27H29ClN4O3/c1-27(16-33)15-32(24-9-7-18(10-23(24)27)6-8-22-13-29-17-30(22)2)26(35)19-11-25(34)31(14-19)21-5-3-4-20(28)12-21/h3-5,7,9-10,12-13,17,19,33H,6,8,11,14-16H2,1-2H3. The molecule has 2 aliphatic heterocycles. The Hall–Kier alpha value is -3.16. The van der Waals surface area contributed by atoms with Gasteiger partial charge in [-0.25, -0.2) is 4.98 Å². The topological polar surface area (TPSA) is 78.7 Å². The van der Waals surface area contributed by atoms with Gasteiger partial charge in [0.2, 0.25) is 11.8 Å². The van der Waals surface area contributed by atoms with Crippen LogP contribution in [-0.2, 0) is 34.9 Å². The lowest BCUT2D eigenvalue weighted by molar-refractivity contribution is -0.124. The van der Waals surface area contributed by atoms with E-state index in [1.165, 1.54) is 0 Å². The summed E-state index contributed by atoms with van der Waals surface area (Å²) in [5.74, 6) is -0.607. The summed E-state index contributed by atoms with van der Waals surface area (Å²) < 4.78 is 2.02. The zero-order chi connectivity index (χ0) is 24.7. The van der Waals surface area contributed by atoms with Crippen molar-refractivity contribution in [3.05, 3.63) is 76.8 Å². The van der Waals surface area contributed by atoms with Crippen LogP contribution in [0.1, 0.15) is 30.2 Å². The van der Waals surface area contributed by atoms with E-state index in [1.807, 2.05) is 36.9 Å². The molecule has 0 spiro atoms. The molecule has 2 amide bonds. The van der Waals surface area contributed by atoms with Crippen molar-refractivity contribution in [2.75, 3.05) is 29.5 Å². The van der Waals surface area contributed by atoms with Crippen molar-refractivity contribution in [3.8, 4) is 0 Å². The highest BCUT2D eigenvalue weighted by molar-refractivity contribution is 6.31. The number of fused-ring (bicyclic) bond motifs is 1. The molecule has 1 N–H and O–H groups in total. The van der Waals surface area contributed by atoms with Gasteiger partial charge in [0.25, 0.3) is 0 Å². The van der Waals surface area contributed by atoms with Crippen molar-refractivity contribution in [2.24, 2.45) is 13.0 Å². The van der Waals surface area contributed by atoms with Crippen LogP contribution in [0.25, 0.3) is 0 Å². The second-order valence-electron chi connectivity index (χ2n) is 9.88. The van der Waals surface area contributed by atoms with Gasteiger partial charge in [0, 0.05) is 60.3 Å². The van der Waals surface area contributed by atoms with Crippen molar-refractivity contribution in [3.63, 3.8) is 0 Å². The first-order valence-corrected chi connectivity index (χ1v) is 12.2. The Kier molecular flexibility index (Phi) is 6.15. The molecular formula is C27H29ClN4O3. The van der Waals surface area contributed by atoms with Gasteiger partial charge < -0.3 is 19.5 Å². The van der Waals surface area contributed by atoms with Crippen LogP contribution in [0.15, 0.2) is 55.0 Å². The van der Waals surface area contributed by atoms with E-state index in [-0.39, 0.29) is 24.8 Å². The summed E-state index contributed by atoms with van der Waals surface area (Å²) >= 11 is 6.11. The number of amides is 2. The second kappa shape index (κ2) is 9.13. The molecule has 2 aromatic carbocycles. The number of hydrogen-bond donors (Lipinski definition) is 1. The second-order valence-corrected chi connectivity index (χ2v) is 10.3. The van der Waals surface area contributed by atoms with Crippen LogP contribution in [0.2, 0.25) is 5.02 Å². The highest BCUT2D eigenvalue weighted by Crippen LogP contribution is 2.42. The lowest BCUT2D eigenvalue weighted by Crippen LogP contribution is -2.41. The van der Waals surface area contributed by atoms with E-state index in [4.69, 9.17) is 11.6 Å². The van der Waals surface area contributed by atoms with E-state index < -0.39 is 11.3 Å². The number of imidazole rings is 1. The van der Waals surface area contributed by atoms with Crippen molar-refractivity contribution in [1.29, 1.82) is 0 Å². The lowest BCUT2D eigenvalue weighted by atomic mass is 9.84. The molecule has 1 saturated heterocycles. The van der Waals surface area contributed by atoms with Gasteiger partial charge >= 0.3 is 0 Å². The summed E-state index contributed by atoms with van der Waals surface area (Å²) in [5.41, 5.74) is 4.27. The van der Waals surface area contributed by atoms with Crippen LogP contribution in [0.4, 0.5) is 11.4 Å². The molecule has 0 radical (unpaired) electrons. The number of nitrogens with zero attached hydrogens (tertiary/aromatic N) is 4. The number of halogens is 1. The first-order valence-electron chi connectivity index (χ1n) is 11.9. The molecule has 2 unspecified atom stereocenters. The molecule has 182 valence electrons. The highest BCUT2D eigenvalue weighted by Gasteiger charge is 2.45. The van der Waals surface area contributed by atoms with Crippen LogP contribution < -0.4 is 9.80 Å². The smallest absolute Gasteiger partial charge is 0.232 e. The third-order valence-electron chi connectivity index (χ3n) is 7.30. The number of carbonyl (C=O) groups is 2. The first kappa shape index (κ1) is 23.6. The van der Waals surface area contributed by atoms with Gasteiger partial charge in [-0.1, -0.05) is 36.7 Å². The summed E-state index contributed by atoms with van der Waals surface area (Å²) in [6, 6.07) is 13.3. The Morgan fingerprint density at radius 1 is 1.23 bits per heavy atom. The summed E-state index contributed by atoms with van der Waals surface area (Å²) in [5, 5.41) is 10.8. The number of carbonyl (C=O) groups excluding carboxylic acids is 2. The molecule has 1 aromatic heterocycles. The van der Waals surface area contributed by atoms with Crippen LogP contribution in [-0.4, -0.2) is 46.2 Å². The zero-order valence-corrected chi connectivity index (χ0v) is 20.7. The van der Waals surface area contributed by atoms with Gasteiger partial charge in [-0.15, -0.1) is 0 Å². The van der Waals surface area contributed by atoms with Gasteiger partial charge in [-0.05, 0) is 48.2 Å². The Bertz CT molecular complexity index is 1290. The molecular weight excluding hydrogens is 464 g/mol. The minimum atomic E-state index is -0.553. The van der Waals surface area contributed by atoms with Crippen LogP contribution in [0.5, 0.6) is 0 Å². The third-order valence-corrected chi connectivity index (χ3v) is 7.54. The molecule has 3 aromatic rings. The van der Waals surface area contributed by atoms with Crippen LogP contribution in [0.3, 0.4) is 0 Å². The fraction of sp³-hybridized carbons (Fsp3) is 0.370. The number of rotatable bonds is 6. The Balaban J connectivity index is 1.36. The predicted octanol–water partition coefficient (Wildman–Crippen LogP) is 3.51. The minimum absolute atomic E-state index is 0.0623. The van der Waals surface area contributed by atoms with Crippen molar-refractivity contribution >= 4 is 34.8 Å². The van der Waals surface area contributed by atoms with E-state index in [0.29, 0.717) is 23.8 Å². The number of benzene rings is 2. The summed E-state index contributed by atoms with van der Waals surface area (Å²) in [4.78, 5) is 34.0. The lowest BCUT2D eigenvalue weighted by Gasteiger charge is -2.25. The van der Waals surface area contributed by atoms with E-state index in [2.05, 4.69) is 17.1 Å². The maximum absolute atomic E-state index is 13.6. The summed E-state index contributed by atoms with van der Waals surface area (Å²) in [6.07, 6.45) is 5.54. The monoisotopic (exact) mass is 492 g/mol. The van der Waals surface area contributed by atoms with E-state index in [0.717, 1.165) is 35.3 Å². The number of aliphatic hydroxyl groups is 1. The summed E-state index contributed by atoms with van der Waals surface area (Å²) in [6.45, 7) is 2.64. The number of hydrogen-bond acceptors (Lipinski definition) is 4. The normalized spacial score (nSPS) is 21.6. The number of aryl methyl sites for hydroxylation is 3. The fourth-order valence-corrected chi connectivity index (χ4v) is 5.38.